The number of hydrogen-bond donors (Lipinski definition) is 0. The van der Waals surface area contributed by atoms with Gasteiger partial charge in [-0.3, -0.25) is 4.79 Å². The zero-order chi connectivity index (χ0) is 40.3. The molecule has 0 radical (unpaired) electrons. The third kappa shape index (κ3) is 16.5. The maximum atomic E-state index is 12.4. The van der Waals surface area contributed by atoms with Crippen molar-refractivity contribution >= 4 is 85.8 Å². The molecule has 0 atom stereocenters. The number of benzene rings is 4. The maximum absolute atomic E-state index is 12.4. The van der Waals surface area contributed by atoms with Crippen LogP contribution < -0.4 is 22.7 Å². The monoisotopic (exact) mass is 1280 g/mol. The van der Waals surface area contributed by atoms with Gasteiger partial charge in [-0.25, -0.2) is 0 Å². The van der Waals surface area contributed by atoms with Gasteiger partial charge in [-0.2, -0.15) is 0 Å². The van der Waals surface area contributed by atoms with Gasteiger partial charge in [0.05, 0.1) is 5.56 Å². The molecule has 0 aromatic heterocycles. The molecule has 53 heavy (non-hydrogen) atoms. The molecule has 3 heterocycles. The number of ketones is 1. The van der Waals surface area contributed by atoms with Crippen LogP contribution in [0.25, 0.3) is 5.57 Å². The summed E-state index contributed by atoms with van der Waals surface area (Å²) in [6.45, 7) is 23.5. The first-order valence-corrected chi connectivity index (χ1v) is 37.4. The first-order valence-electron chi connectivity index (χ1n) is 18.5. The van der Waals surface area contributed by atoms with Crippen LogP contribution in [-0.4, -0.2) is 30.8 Å². The number of halogens is 5. The Bertz CT molecular complexity index is 1650. The first kappa shape index (κ1) is 52.5. The average molecular weight is 1280 g/mol. The SMILES string of the molecule is CC.CC.CC.CC.Cc1ccc2c(c1)C(=C1CCN(C)CC1)c1ccccc1CO2.Cc1ccc2c(c1)C(=O)c1ccccc1CO2.II.I[I-]I. The molecule has 0 saturated carbocycles. The number of likely N-dealkylation sites (tertiary alicyclic amines) is 1. The summed E-state index contributed by atoms with van der Waals surface area (Å²) >= 11 is 9.54. The van der Waals surface area contributed by atoms with E-state index in [4.69, 9.17) is 9.47 Å². The van der Waals surface area contributed by atoms with Gasteiger partial charge in [-0.1, -0.05) is 133 Å². The van der Waals surface area contributed by atoms with Crippen molar-refractivity contribution < 1.29 is 27.5 Å². The van der Waals surface area contributed by atoms with Crippen molar-refractivity contribution in [2.45, 2.75) is 95.3 Å². The number of aryl methyl sites for hydroxylation is 2. The van der Waals surface area contributed by atoms with Crippen molar-refractivity contribution in [3.63, 3.8) is 0 Å². The van der Waals surface area contributed by atoms with E-state index in [0.717, 1.165) is 48.4 Å². The van der Waals surface area contributed by atoms with Crippen molar-refractivity contribution in [2.24, 2.45) is 0 Å². The normalized spacial score (nSPS) is 13.1. The van der Waals surface area contributed by atoms with Crippen LogP contribution in [0.3, 0.4) is 0 Å². The zero-order valence-electron chi connectivity index (χ0n) is 33.4. The van der Waals surface area contributed by atoms with Gasteiger partial charge in [-0.15, -0.1) is 0 Å². The molecule has 0 N–H and O–H groups in total. The molecule has 9 heteroatoms. The number of carbonyl (C=O) groups excluding carboxylic acids is 1. The molecular formula is C44H59I5NO3-. The van der Waals surface area contributed by atoms with E-state index in [1.165, 1.54) is 27.8 Å². The van der Waals surface area contributed by atoms with Crippen LogP contribution >= 0.6 is 74.5 Å². The van der Waals surface area contributed by atoms with E-state index >= 15 is 0 Å². The quantitative estimate of drug-likeness (QED) is 0.165. The van der Waals surface area contributed by atoms with Gasteiger partial charge in [0, 0.05) is 67.0 Å². The third-order valence-electron chi connectivity index (χ3n) is 8.04. The summed E-state index contributed by atoms with van der Waals surface area (Å²) in [6, 6.07) is 28.6. The second-order valence-corrected chi connectivity index (χ2v) is 27.3. The number of ether oxygens (including phenoxy) is 2. The second kappa shape index (κ2) is 31.6. The number of nitrogens with zero attached hydrogens (tertiary/aromatic N) is 1. The van der Waals surface area contributed by atoms with Crippen LogP contribution in [0.2, 0.25) is 0 Å². The summed E-state index contributed by atoms with van der Waals surface area (Å²) in [4.78, 5) is 14.8. The van der Waals surface area contributed by atoms with Gasteiger partial charge in [-0.05, 0) is 74.7 Å². The molecule has 0 bridgehead atoms. The minimum atomic E-state index is 0.0526. The Morgan fingerprint density at radius 2 is 0.981 bits per heavy atom. The van der Waals surface area contributed by atoms with Crippen LogP contribution in [0.5, 0.6) is 11.5 Å². The summed E-state index contributed by atoms with van der Waals surface area (Å²) in [5.41, 5.74) is 11.6. The summed E-state index contributed by atoms with van der Waals surface area (Å²) in [7, 11) is 2.21. The van der Waals surface area contributed by atoms with Gasteiger partial charge in [0.15, 0.2) is 5.78 Å². The van der Waals surface area contributed by atoms with Crippen LogP contribution in [0, 0.1) is 13.8 Å². The molecule has 3 aliphatic rings. The molecule has 1 fully saturated rings. The van der Waals surface area contributed by atoms with Gasteiger partial charge in [0.2, 0.25) is 0 Å². The van der Waals surface area contributed by atoms with Crippen molar-refractivity contribution in [1.29, 1.82) is 0 Å². The molecule has 4 aromatic carbocycles. The van der Waals surface area contributed by atoms with Crippen LogP contribution in [0.1, 0.15) is 118 Å². The standard InChI is InChI=1S/C21H23NO.C15H12O2.4C2H6.I3.I2/c1-15-7-8-20-19(13-15)21(16-9-11-22(2)12-10-16)18-6-4-3-5-17(18)14-23-20;1-10-6-7-14-13(8-10)15(16)12-5-3-2-4-11(12)9-17-14;4*1-2;1-3-2;1-2/h3-8,13H,9-12,14H2,1-2H3;2-8H,9H2,1H3;4*1-2H3;;/q;;;;;;-1;. The van der Waals surface area contributed by atoms with Gasteiger partial charge in [0.25, 0.3) is 0 Å². The van der Waals surface area contributed by atoms with Crippen molar-refractivity contribution in [2.75, 3.05) is 20.1 Å². The number of carbonyl (C=O) groups is 1. The average Bonchev–Trinajstić information content (AvgIpc) is 3.47. The molecular weight excluding hydrogens is 1230 g/mol. The zero-order valence-corrected chi connectivity index (χ0v) is 44.2. The van der Waals surface area contributed by atoms with Crippen molar-refractivity contribution in [3.8, 4) is 11.5 Å². The summed E-state index contributed by atoms with van der Waals surface area (Å²) in [5, 5.41) is 0. The van der Waals surface area contributed by atoms with E-state index in [1.54, 1.807) is 5.57 Å². The minimum absolute atomic E-state index is 0.0526. The molecule has 0 aliphatic carbocycles. The molecule has 0 unspecified atom stereocenters. The van der Waals surface area contributed by atoms with E-state index in [1.807, 2.05) is 105 Å². The third-order valence-corrected chi connectivity index (χ3v) is 8.04. The first-order chi connectivity index (χ1) is 25.9. The summed E-state index contributed by atoms with van der Waals surface area (Å²) in [5.74, 6) is 1.75. The Morgan fingerprint density at radius 3 is 1.47 bits per heavy atom. The Kier molecular flexibility index (Phi) is 31.3. The number of piperidine rings is 1. The molecule has 4 nitrogen and oxygen atoms in total. The predicted molar refractivity (Wildman–Crippen MR) is 262 cm³/mol. The molecule has 3 aliphatic heterocycles. The van der Waals surface area contributed by atoms with Gasteiger partial charge < -0.3 is 14.4 Å². The van der Waals surface area contributed by atoms with Gasteiger partial charge >= 0.3 is 50.5 Å². The molecule has 1 saturated heterocycles. The summed E-state index contributed by atoms with van der Waals surface area (Å²) < 4.78 is 11.8. The fraction of sp³-hybridized carbons (Fsp3) is 0.386. The number of fused-ring (bicyclic) bond motifs is 4. The molecule has 4 aromatic rings. The molecule has 7 rings (SSSR count). The van der Waals surface area contributed by atoms with Crippen LogP contribution in [0.4, 0.5) is 0 Å². The fourth-order valence-electron chi connectivity index (χ4n) is 5.79. The van der Waals surface area contributed by atoms with Crippen molar-refractivity contribution in [1.82, 2.24) is 4.90 Å². The van der Waals surface area contributed by atoms with E-state index < -0.39 is 0 Å². The van der Waals surface area contributed by atoms with E-state index in [0.29, 0.717) is 37.8 Å². The van der Waals surface area contributed by atoms with Crippen LogP contribution in [-0.2, 0) is 13.2 Å². The Morgan fingerprint density at radius 1 is 0.585 bits per heavy atom. The Labute approximate surface area is 375 Å². The van der Waals surface area contributed by atoms with E-state index in [9.17, 15) is 4.79 Å². The van der Waals surface area contributed by atoms with E-state index in [2.05, 4.69) is 136 Å². The van der Waals surface area contributed by atoms with Crippen LogP contribution in [0.15, 0.2) is 90.5 Å². The fourth-order valence-corrected chi connectivity index (χ4v) is 5.79. The predicted octanol–water partition coefficient (Wildman–Crippen LogP) is 12.2. The van der Waals surface area contributed by atoms with Gasteiger partial charge in [0.1, 0.15) is 24.7 Å². The second-order valence-electron chi connectivity index (χ2n) is 11.1. The Hall–Kier alpha value is -0.500. The van der Waals surface area contributed by atoms with E-state index in [-0.39, 0.29) is 5.78 Å². The Balaban J connectivity index is 0.000000797. The van der Waals surface area contributed by atoms with Crippen molar-refractivity contribution in [3.05, 3.63) is 135 Å². The summed E-state index contributed by atoms with van der Waals surface area (Å²) in [6.07, 6.45) is 2.29. The molecule has 0 spiro atoms. The number of hydrogen-bond acceptors (Lipinski definition) is 4. The number of rotatable bonds is 0. The molecule has 294 valence electrons. The molecule has 0 amide bonds. The topological polar surface area (TPSA) is 38.8 Å².